The summed E-state index contributed by atoms with van der Waals surface area (Å²) in [5.74, 6) is -0.766. The van der Waals surface area contributed by atoms with Crippen molar-refractivity contribution in [2.45, 2.75) is 6.61 Å². The molecule has 0 unspecified atom stereocenters. The number of alkyl halides is 2. The zero-order chi connectivity index (χ0) is 14.4. The molecule has 1 aromatic carbocycles. The summed E-state index contributed by atoms with van der Waals surface area (Å²) in [6.45, 7) is -3.02. The molecule has 0 radical (unpaired) electrons. The Hall–Kier alpha value is -2.40. The van der Waals surface area contributed by atoms with Crippen LogP contribution in [0, 0.1) is 16.7 Å². The third kappa shape index (κ3) is 4.40. The first-order chi connectivity index (χ1) is 8.93. The number of anilines is 1. The second-order valence-corrected chi connectivity index (χ2v) is 3.55. The Kier molecular flexibility index (Phi) is 5.02. The molecule has 100 valence electrons. The van der Waals surface area contributed by atoms with Crippen LogP contribution in [-0.4, -0.2) is 18.2 Å². The van der Waals surface area contributed by atoms with Crippen molar-refractivity contribution in [1.29, 1.82) is 10.7 Å². The van der Waals surface area contributed by atoms with Crippen LogP contribution in [0.1, 0.15) is 0 Å². The molecule has 0 spiro atoms. The second kappa shape index (κ2) is 6.51. The smallest absolute Gasteiger partial charge is 0.387 e. The lowest BCUT2D eigenvalue weighted by molar-refractivity contribution is -0.0493. The average molecular weight is 288 g/mol. The molecular weight excluding hydrogens is 280 g/mol. The van der Waals surface area contributed by atoms with E-state index in [-0.39, 0.29) is 16.5 Å². The van der Waals surface area contributed by atoms with Gasteiger partial charge in [0, 0.05) is 5.02 Å². The molecule has 0 aliphatic heterocycles. The van der Waals surface area contributed by atoms with Crippen LogP contribution in [0.2, 0.25) is 5.02 Å². The highest BCUT2D eigenvalue weighted by atomic mass is 35.5. The minimum atomic E-state index is -3.02. The number of hydrogen-bond acceptors (Lipinski definition) is 5. The van der Waals surface area contributed by atoms with Gasteiger partial charge in [0.25, 0.3) is 0 Å². The number of halogens is 3. The van der Waals surface area contributed by atoms with Crippen LogP contribution >= 0.6 is 11.6 Å². The first-order valence-corrected chi connectivity index (χ1v) is 5.14. The summed E-state index contributed by atoms with van der Waals surface area (Å²) in [5.41, 5.74) is 6.98. The van der Waals surface area contributed by atoms with Gasteiger partial charge in [-0.25, -0.2) is 0 Å². The van der Waals surface area contributed by atoms with Gasteiger partial charge in [-0.2, -0.15) is 19.1 Å². The lowest BCUT2D eigenvalue weighted by Gasteiger charge is -2.10. The van der Waals surface area contributed by atoms with Crippen LogP contribution in [-0.2, 0) is 0 Å². The van der Waals surface area contributed by atoms with E-state index in [1.807, 2.05) is 0 Å². The summed E-state index contributed by atoms with van der Waals surface area (Å²) < 4.78 is 28.6. The zero-order valence-corrected chi connectivity index (χ0v) is 10.1. The molecule has 0 aliphatic rings. The van der Waals surface area contributed by atoms with E-state index in [9.17, 15) is 8.78 Å². The van der Waals surface area contributed by atoms with E-state index in [0.717, 1.165) is 0 Å². The minimum absolute atomic E-state index is 0.0156. The highest BCUT2D eigenvalue weighted by molar-refractivity contribution is 6.45. The Morgan fingerprint density at radius 1 is 1.58 bits per heavy atom. The normalized spacial score (nSPS) is 11.0. The van der Waals surface area contributed by atoms with Gasteiger partial charge in [0.2, 0.25) is 5.71 Å². The van der Waals surface area contributed by atoms with Gasteiger partial charge in [-0.05, 0) is 18.2 Å². The van der Waals surface area contributed by atoms with E-state index in [1.54, 1.807) is 6.07 Å². The Balaban J connectivity index is 3.02. The van der Waals surface area contributed by atoms with Gasteiger partial charge in [-0.15, -0.1) is 0 Å². The van der Waals surface area contributed by atoms with Gasteiger partial charge in [0.1, 0.15) is 6.07 Å². The Morgan fingerprint density at radius 2 is 2.26 bits per heavy atom. The minimum Gasteiger partial charge on any atom is -0.433 e. The predicted octanol–water partition coefficient (Wildman–Crippen LogP) is 2.17. The molecule has 9 heteroatoms. The third-order valence-corrected chi connectivity index (χ3v) is 2.04. The summed E-state index contributed by atoms with van der Waals surface area (Å²) in [7, 11) is 0. The molecule has 0 heterocycles. The van der Waals surface area contributed by atoms with Crippen molar-refractivity contribution in [2.24, 2.45) is 10.8 Å². The van der Waals surface area contributed by atoms with Crippen LogP contribution in [0.15, 0.2) is 23.3 Å². The molecule has 0 amide bonds. The topological polar surface area (TPSA) is 107 Å². The van der Waals surface area contributed by atoms with Crippen LogP contribution in [0.5, 0.6) is 5.75 Å². The Bertz CT molecular complexity index is 555. The first kappa shape index (κ1) is 14.7. The zero-order valence-electron chi connectivity index (χ0n) is 9.32. The van der Waals surface area contributed by atoms with Crippen molar-refractivity contribution in [2.75, 3.05) is 5.43 Å². The lowest BCUT2D eigenvalue weighted by Crippen LogP contribution is -2.22. The summed E-state index contributed by atoms with van der Waals surface area (Å²) in [6.07, 6.45) is 0. The maximum absolute atomic E-state index is 12.2. The van der Waals surface area contributed by atoms with Crippen molar-refractivity contribution < 1.29 is 13.5 Å². The number of nitrogens with two attached hydrogens (primary N) is 1. The van der Waals surface area contributed by atoms with Crippen molar-refractivity contribution in [3.8, 4) is 11.8 Å². The van der Waals surface area contributed by atoms with Crippen LogP contribution in [0.3, 0.4) is 0 Å². The number of hydrogen-bond donors (Lipinski definition) is 3. The highest BCUT2D eigenvalue weighted by Gasteiger charge is 2.10. The van der Waals surface area contributed by atoms with Crippen LogP contribution < -0.4 is 15.9 Å². The summed E-state index contributed by atoms with van der Waals surface area (Å²) >= 11 is 5.70. The number of rotatable bonds is 5. The van der Waals surface area contributed by atoms with Crippen molar-refractivity contribution in [1.82, 2.24) is 0 Å². The number of benzene rings is 1. The summed E-state index contributed by atoms with van der Waals surface area (Å²) in [4.78, 5) is 0. The van der Waals surface area contributed by atoms with Crippen LogP contribution in [0.4, 0.5) is 14.5 Å². The number of ether oxygens (including phenoxy) is 1. The van der Waals surface area contributed by atoms with Crippen LogP contribution in [0.25, 0.3) is 0 Å². The van der Waals surface area contributed by atoms with E-state index in [0.29, 0.717) is 0 Å². The third-order valence-electron chi connectivity index (χ3n) is 1.81. The number of nitrogens with zero attached hydrogens (tertiary/aromatic N) is 2. The molecule has 0 atom stereocenters. The molecular formula is C10H8ClF2N5O. The molecule has 19 heavy (non-hydrogen) atoms. The molecule has 1 rings (SSSR count). The molecule has 0 saturated heterocycles. The number of hydrazone groups is 1. The SMILES string of the molecule is N#C/C(=N\Nc1cc(Cl)ccc1OC(F)F)C(=N)N. The monoisotopic (exact) mass is 287 g/mol. The van der Waals surface area contributed by atoms with E-state index < -0.39 is 18.2 Å². The fourth-order valence-corrected chi connectivity index (χ4v) is 1.22. The quantitative estimate of drug-likeness (QED) is 0.438. The largest absolute Gasteiger partial charge is 0.433 e. The van der Waals surface area contributed by atoms with E-state index in [2.05, 4.69) is 15.3 Å². The van der Waals surface area contributed by atoms with Gasteiger partial charge < -0.3 is 10.5 Å². The van der Waals surface area contributed by atoms with Gasteiger partial charge in [-0.3, -0.25) is 10.8 Å². The fraction of sp³-hybridized carbons (Fsp3) is 0.100. The predicted molar refractivity (Wildman–Crippen MR) is 66.7 cm³/mol. The molecule has 1 aromatic rings. The van der Waals surface area contributed by atoms with E-state index in [1.165, 1.54) is 18.2 Å². The maximum atomic E-state index is 12.2. The van der Waals surface area contributed by atoms with Gasteiger partial charge >= 0.3 is 6.61 Å². The molecule has 0 aliphatic carbocycles. The molecule has 0 bridgehead atoms. The number of nitriles is 1. The van der Waals surface area contributed by atoms with Crippen molar-refractivity contribution in [3.63, 3.8) is 0 Å². The first-order valence-electron chi connectivity index (χ1n) is 4.76. The van der Waals surface area contributed by atoms with Crippen molar-refractivity contribution >= 4 is 28.8 Å². The Morgan fingerprint density at radius 3 is 2.79 bits per heavy atom. The molecule has 0 saturated carbocycles. The molecule has 0 fully saturated rings. The lowest BCUT2D eigenvalue weighted by atomic mass is 10.3. The average Bonchev–Trinajstić information content (AvgIpc) is 2.32. The molecule has 4 N–H and O–H groups in total. The summed E-state index contributed by atoms with van der Waals surface area (Å²) in [6, 6.07) is 5.40. The standard InChI is InChI=1S/C10H8ClF2N5O/c11-5-1-2-8(19-10(12)13)6(3-5)17-18-7(4-14)9(15)16/h1-3,10,17H,(H3,15,16)/b18-7+. The van der Waals surface area contributed by atoms with E-state index >= 15 is 0 Å². The fourth-order valence-electron chi connectivity index (χ4n) is 1.05. The van der Waals surface area contributed by atoms with Gasteiger partial charge in [0.05, 0.1) is 5.69 Å². The highest BCUT2D eigenvalue weighted by Crippen LogP contribution is 2.29. The second-order valence-electron chi connectivity index (χ2n) is 3.12. The van der Waals surface area contributed by atoms with E-state index in [4.69, 9.17) is 28.0 Å². The van der Waals surface area contributed by atoms with Gasteiger partial charge in [0.15, 0.2) is 11.6 Å². The summed E-state index contributed by atoms with van der Waals surface area (Å²) in [5, 5.41) is 19.4. The van der Waals surface area contributed by atoms with Gasteiger partial charge in [-0.1, -0.05) is 11.6 Å². The number of amidine groups is 1. The molecule has 0 aromatic heterocycles. The molecule has 6 nitrogen and oxygen atoms in total. The van der Waals surface area contributed by atoms with Crippen molar-refractivity contribution in [3.05, 3.63) is 23.2 Å². The number of nitrogens with one attached hydrogen (secondary N) is 2. The Labute approximate surface area is 111 Å². The maximum Gasteiger partial charge on any atom is 0.387 e.